The molecule has 2 fully saturated rings. The van der Waals surface area contributed by atoms with Crippen LogP contribution in [0.4, 0.5) is 0 Å². The van der Waals surface area contributed by atoms with E-state index in [9.17, 15) is 9.59 Å². The third kappa shape index (κ3) is 9.99. The van der Waals surface area contributed by atoms with Crippen molar-refractivity contribution < 1.29 is 24.2 Å². The summed E-state index contributed by atoms with van der Waals surface area (Å²) in [6.45, 7) is 3.93. The number of primary amides is 1. The first-order valence-corrected chi connectivity index (χ1v) is 13.2. The number of hydrogen-bond donors (Lipinski definition) is 2. The van der Waals surface area contributed by atoms with Crippen molar-refractivity contribution >= 4 is 41.0 Å². The Kier molecular flexibility index (Phi) is 12.4. The Morgan fingerprint density at radius 1 is 1.11 bits per heavy atom. The minimum Gasteiger partial charge on any atom is -0.481 e. The van der Waals surface area contributed by atoms with E-state index in [1.807, 2.05) is 59.5 Å². The predicted octanol–water partition coefficient (Wildman–Crippen LogP) is 5.89. The number of carbonyl (C=O) groups is 3. The van der Waals surface area contributed by atoms with Crippen LogP contribution in [-0.4, -0.2) is 47.0 Å². The second-order valence-electron chi connectivity index (χ2n) is 9.30. The molecule has 1 aliphatic carbocycles. The molecule has 0 bridgehead atoms. The average Bonchev–Trinajstić information content (AvgIpc) is 3.65. The maximum atomic E-state index is 12.7. The lowest BCUT2D eigenvalue weighted by molar-refractivity contribution is -0.142. The van der Waals surface area contributed by atoms with E-state index >= 15 is 0 Å². The Morgan fingerprint density at radius 3 is 2.14 bits per heavy atom. The van der Waals surface area contributed by atoms with E-state index in [0.717, 1.165) is 49.6 Å². The van der Waals surface area contributed by atoms with E-state index in [1.54, 1.807) is 0 Å². The number of benzene rings is 2. The number of nitrogens with zero attached hydrogens (tertiary/aromatic N) is 1. The summed E-state index contributed by atoms with van der Waals surface area (Å²) < 4.78 is 5.86. The molecule has 3 N–H and O–H groups in total. The molecule has 9 heteroatoms. The first kappa shape index (κ1) is 30.6. The topological polar surface area (TPSA) is 110 Å². The lowest BCUT2D eigenvalue weighted by Gasteiger charge is -2.41. The number of rotatable bonds is 8. The molecule has 1 heterocycles. The second-order valence-corrected chi connectivity index (χ2v) is 10.2. The Morgan fingerprint density at radius 2 is 1.68 bits per heavy atom. The molecule has 2 atom stereocenters. The molecule has 202 valence electrons. The lowest BCUT2D eigenvalue weighted by atomic mass is 9.92. The minimum atomic E-state index is -0.833. The fraction of sp³-hybridized carbons (Fsp3) is 0.464. The molecule has 7 nitrogen and oxygen atoms in total. The summed E-state index contributed by atoms with van der Waals surface area (Å²) in [5.41, 5.74) is 6.10. The number of nitrogens with two attached hydrogens (primary N) is 1. The molecule has 1 aliphatic heterocycles. The van der Waals surface area contributed by atoms with Crippen LogP contribution in [0, 0.1) is 5.41 Å². The van der Waals surface area contributed by atoms with Crippen LogP contribution < -0.4 is 5.73 Å². The standard InChI is InChI=1S/C20H27ClN2O3.C6H5Cl.C2H4O2/c1-2-16(12-26-13-20(10-11-20)19(22)25)23-17(4-3-5-18(23)24)14-6-8-15(21)9-7-14;7-6-4-2-1-3-5-6;1-2(3)4/h6-9,16-17H,2-5,10-13H2,1H3,(H2,22,25);1-5H;1H3,(H,3,4)/t16-,17-;;/m0../s1. The summed E-state index contributed by atoms with van der Waals surface area (Å²) in [4.78, 5) is 35.2. The van der Waals surface area contributed by atoms with E-state index in [1.165, 1.54) is 0 Å². The van der Waals surface area contributed by atoms with Crippen molar-refractivity contribution in [2.24, 2.45) is 11.1 Å². The van der Waals surface area contributed by atoms with Crippen LogP contribution in [0.1, 0.15) is 64.0 Å². The zero-order chi connectivity index (χ0) is 27.4. The van der Waals surface area contributed by atoms with Gasteiger partial charge in [-0.05, 0) is 61.9 Å². The summed E-state index contributed by atoms with van der Waals surface area (Å²) in [5, 5.41) is 8.90. The first-order valence-electron chi connectivity index (χ1n) is 12.4. The lowest BCUT2D eigenvalue weighted by Crippen LogP contribution is -2.47. The van der Waals surface area contributed by atoms with E-state index in [-0.39, 0.29) is 23.9 Å². The van der Waals surface area contributed by atoms with Crippen molar-refractivity contribution in [3.8, 4) is 0 Å². The monoisotopic (exact) mass is 550 g/mol. The SMILES string of the molecule is CC(=O)O.CC[C@@H](COCC1(C(N)=O)CC1)N1C(=O)CCC[C@H]1c1ccc(Cl)cc1.Clc1ccccc1. The Bertz CT molecular complexity index is 1010. The Balaban J connectivity index is 0.000000363. The number of halogens is 2. The van der Waals surface area contributed by atoms with Gasteiger partial charge < -0.3 is 20.5 Å². The smallest absolute Gasteiger partial charge is 0.300 e. The van der Waals surface area contributed by atoms with Crippen LogP contribution >= 0.6 is 23.2 Å². The van der Waals surface area contributed by atoms with E-state index in [4.69, 9.17) is 43.6 Å². The van der Waals surface area contributed by atoms with Crippen molar-refractivity contribution in [1.82, 2.24) is 4.90 Å². The summed E-state index contributed by atoms with van der Waals surface area (Å²) >= 11 is 11.5. The van der Waals surface area contributed by atoms with Gasteiger partial charge >= 0.3 is 0 Å². The predicted molar refractivity (Wildman–Crippen MR) is 145 cm³/mol. The third-order valence-electron chi connectivity index (χ3n) is 6.41. The van der Waals surface area contributed by atoms with Crippen molar-refractivity contribution in [3.63, 3.8) is 0 Å². The molecule has 37 heavy (non-hydrogen) atoms. The van der Waals surface area contributed by atoms with Crippen LogP contribution in [0.3, 0.4) is 0 Å². The number of ether oxygens (including phenoxy) is 1. The molecule has 0 spiro atoms. The highest BCUT2D eigenvalue weighted by molar-refractivity contribution is 6.30. The number of hydrogen-bond acceptors (Lipinski definition) is 4. The van der Waals surface area contributed by atoms with Gasteiger partial charge in [0.1, 0.15) is 0 Å². The van der Waals surface area contributed by atoms with Gasteiger partial charge in [0.05, 0.1) is 30.7 Å². The fourth-order valence-electron chi connectivity index (χ4n) is 4.17. The van der Waals surface area contributed by atoms with Crippen LogP contribution in [0.2, 0.25) is 10.0 Å². The average molecular weight is 552 g/mol. The summed E-state index contributed by atoms with van der Waals surface area (Å²) in [6, 6.07) is 17.2. The number of carboxylic acids is 1. The third-order valence-corrected chi connectivity index (χ3v) is 6.91. The molecule has 4 rings (SSSR count). The molecule has 1 saturated carbocycles. The molecular weight excluding hydrogens is 515 g/mol. The normalized spacial score (nSPS) is 18.4. The number of carbonyl (C=O) groups excluding carboxylic acids is 2. The van der Waals surface area contributed by atoms with Crippen molar-refractivity contribution in [2.75, 3.05) is 13.2 Å². The highest BCUT2D eigenvalue weighted by Gasteiger charge is 2.49. The molecule has 0 unspecified atom stereocenters. The number of amides is 2. The van der Waals surface area contributed by atoms with Gasteiger partial charge in [-0.25, -0.2) is 0 Å². The van der Waals surface area contributed by atoms with Gasteiger partial charge in [0.2, 0.25) is 11.8 Å². The second kappa shape index (κ2) is 15.0. The van der Waals surface area contributed by atoms with Crippen molar-refractivity contribution in [3.05, 3.63) is 70.2 Å². The Hall–Kier alpha value is -2.61. The molecule has 1 saturated heterocycles. The molecule has 2 aromatic carbocycles. The van der Waals surface area contributed by atoms with E-state index in [0.29, 0.717) is 24.7 Å². The number of aliphatic carboxylic acids is 1. The number of likely N-dealkylation sites (tertiary alicyclic amines) is 1. The maximum absolute atomic E-state index is 12.7. The quantitative estimate of drug-likeness (QED) is 0.426. The van der Waals surface area contributed by atoms with Crippen LogP contribution in [0.15, 0.2) is 54.6 Å². The largest absolute Gasteiger partial charge is 0.481 e. The van der Waals surface area contributed by atoms with Gasteiger partial charge in [0, 0.05) is 23.4 Å². The molecule has 2 aromatic rings. The van der Waals surface area contributed by atoms with Crippen molar-refractivity contribution in [1.29, 1.82) is 0 Å². The van der Waals surface area contributed by atoms with Gasteiger partial charge in [-0.2, -0.15) is 0 Å². The minimum absolute atomic E-state index is 0.00726. The zero-order valence-corrected chi connectivity index (χ0v) is 22.9. The summed E-state index contributed by atoms with van der Waals surface area (Å²) in [6.07, 6.45) is 4.81. The highest BCUT2D eigenvalue weighted by Crippen LogP contribution is 2.45. The van der Waals surface area contributed by atoms with Gasteiger partial charge in [-0.15, -0.1) is 0 Å². The van der Waals surface area contributed by atoms with Gasteiger partial charge in [0.15, 0.2) is 0 Å². The van der Waals surface area contributed by atoms with E-state index < -0.39 is 11.4 Å². The highest BCUT2D eigenvalue weighted by atomic mass is 35.5. The molecule has 2 aliphatic rings. The Labute approximate surface area is 228 Å². The van der Waals surface area contributed by atoms with Crippen LogP contribution in [0.25, 0.3) is 0 Å². The van der Waals surface area contributed by atoms with Crippen LogP contribution in [0.5, 0.6) is 0 Å². The van der Waals surface area contributed by atoms with Gasteiger partial charge in [-0.3, -0.25) is 14.4 Å². The first-order chi connectivity index (χ1) is 17.6. The number of carboxylic acid groups (broad SMARTS) is 1. The van der Waals surface area contributed by atoms with Gasteiger partial charge in [0.25, 0.3) is 5.97 Å². The number of piperidine rings is 1. The van der Waals surface area contributed by atoms with E-state index in [2.05, 4.69) is 6.92 Å². The molecule has 0 radical (unpaired) electrons. The van der Waals surface area contributed by atoms with Gasteiger partial charge in [-0.1, -0.05) is 60.5 Å². The zero-order valence-electron chi connectivity index (χ0n) is 21.4. The fourth-order valence-corrected chi connectivity index (χ4v) is 4.44. The molecular formula is C28H36Cl2N2O5. The summed E-state index contributed by atoms with van der Waals surface area (Å²) in [7, 11) is 0. The van der Waals surface area contributed by atoms with Crippen LogP contribution in [-0.2, 0) is 19.1 Å². The van der Waals surface area contributed by atoms with Crippen molar-refractivity contribution in [2.45, 2.75) is 64.5 Å². The molecule has 2 amide bonds. The summed E-state index contributed by atoms with van der Waals surface area (Å²) in [5.74, 6) is -0.943. The maximum Gasteiger partial charge on any atom is 0.300 e. The molecule has 0 aromatic heterocycles.